The third-order valence-corrected chi connectivity index (χ3v) is 3.39. The van der Waals surface area contributed by atoms with Gasteiger partial charge in [-0.3, -0.25) is 5.43 Å². The van der Waals surface area contributed by atoms with E-state index in [2.05, 4.69) is 15.8 Å². The zero-order chi connectivity index (χ0) is 18.1. The number of hydrogen-bond acceptors (Lipinski definition) is 5. The minimum Gasteiger partial charge on any atom is -0.507 e. The molecule has 0 aliphatic carbocycles. The number of methoxy groups -OCH3 is 1. The number of para-hydroxylation sites is 2. The van der Waals surface area contributed by atoms with Crippen LogP contribution in [0.3, 0.4) is 0 Å². The monoisotopic (exact) mass is 359 g/mol. The highest BCUT2D eigenvalue weighted by molar-refractivity contribution is 7.80. The molecule has 0 saturated carbocycles. The summed E-state index contributed by atoms with van der Waals surface area (Å²) >= 11 is 5.19. The molecule has 2 aromatic rings. The van der Waals surface area contributed by atoms with E-state index in [0.717, 1.165) is 12.1 Å². The molecule has 132 valence electrons. The van der Waals surface area contributed by atoms with Gasteiger partial charge in [-0.05, 0) is 42.9 Å². The molecule has 0 spiro atoms. The van der Waals surface area contributed by atoms with Crippen LogP contribution in [0.1, 0.15) is 18.9 Å². The zero-order valence-corrected chi connectivity index (χ0v) is 15.0. The Bertz CT molecular complexity index is 750. The number of hydrogen-bond donors (Lipinski definition) is 3. The molecule has 0 radical (unpaired) electrons. The number of nitrogens with zero attached hydrogens (tertiary/aromatic N) is 1. The summed E-state index contributed by atoms with van der Waals surface area (Å²) in [4.78, 5) is 0. The maximum Gasteiger partial charge on any atom is 0.191 e. The van der Waals surface area contributed by atoms with E-state index in [1.807, 2.05) is 31.2 Å². The largest absolute Gasteiger partial charge is 0.507 e. The van der Waals surface area contributed by atoms with E-state index in [-0.39, 0.29) is 5.75 Å². The first-order valence-electron chi connectivity index (χ1n) is 7.83. The maximum absolute atomic E-state index is 10.00. The highest BCUT2D eigenvalue weighted by atomic mass is 32.1. The quantitative estimate of drug-likeness (QED) is 0.399. The van der Waals surface area contributed by atoms with Crippen molar-refractivity contribution in [1.82, 2.24) is 5.43 Å². The maximum atomic E-state index is 10.00. The fourth-order valence-corrected chi connectivity index (χ4v) is 2.16. The van der Waals surface area contributed by atoms with Gasteiger partial charge in [0.25, 0.3) is 0 Å². The number of phenolic OH excluding ortho intramolecular Hbond substituents is 1. The molecule has 0 aliphatic heterocycles. The van der Waals surface area contributed by atoms with Crippen molar-refractivity contribution in [2.75, 3.05) is 19.0 Å². The molecule has 0 aromatic heterocycles. The van der Waals surface area contributed by atoms with Crippen molar-refractivity contribution in [3.8, 4) is 17.2 Å². The Morgan fingerprint density at radius 2 is 2.08 bits per heavy atom. The fraction of sp³-hybridized carbons (Fsp3) is 0.222. The van der Waals surface area contributed by atoms with Gasteiger partial charge in [-0.2, -0.15) is 5.10 Å². The molecule has 0 fully saturated rings. The summed E-state index contributed by atoms with van der Waals surface area (Å²) in [6.45, 7) is 2.63. The number of ether oxygens (including phenoxy) is 2. The van der Waals surface area contributed by atoms with Crippen LogP contribution in [0.4, 0.5) is 5.69 Å². The summed E-state index contributed by atoms with van der Waals surface area (Å²) in [7, 11) is 1.59. The van der Waals surface area contributed by atoms with Gasteiger partial charge in [0.2, 0.25) is 0 Å². The highest BCUT2D eigenvalue weighted by Crippen LogP contribution is 2.23. The number of benzene rings is 2. The smallest absolute Gasteiger partial charge is 0.191 e. The lowest BCUT2D eigenvalue weighted by atomic mass is 10.2. The van der Waals surface area contributed by atoms with Crippen LogP contribution in [-0.4, -0.2) is 30.2 Å². The van der Waals surface area contributed by atoms with Gasteiger partial charge >= 0.3 is 0 Å². The van der Waals surface area contributed by atoms with Gasteiger partial charge in [-0.25, -0.2) is 0 Å². The van der Waals surface area contributed by atoms with Crippen LogP contribution < -0.4 is 20.2 Å². The van der Waals surface area contributed by atoms with Crippen molar-refractivity contribution in [1.29, 1.82) is 0 Å². The molecule has 0 heterocycles. The molecule has 0 aliphatic rings. The lowest BCUT2D eigenvalue weighted by Crippen LogP contribution is -2.24. The van der Waals surface area contributed by atoms with E-state index in [4.69, 9.17) is 21.7 Å². The van der Waals surface area contributed by atoms with Crippen molar-refractivity contribution in [2.24, 2.45) is 5.10 Å². The van der Waals surface area contributed by atoms with Crippen LogP contribution in [-0.2, 0) is 0 Å². The van der Waals surface area contributed by atoms with Gasteiger partial charge in [0.05, 0.1) is 25.6 Å². The molecule has 2 rings (SSSR count). The molecule has 0 amide bonds. The van der Waals surface area contributed by atoms with Gasteiger partial charge in [-0.1, -0.05) is 19.1 Å². The van der Waals surface area contributed by atoms with Gasteiger partial charge < -0.3 is 19.9 Å². The number of anilines is 1. The summed E-state index contributed by atoms with van der Waals surface area (Å²) in [5.41, 5.74) is 3.99. The molecule has 25 heavy (non-hydrogen) atoms. The molecule has 0 atom stereocenters. The van der Waals surface area contributed by atoms with Crippen LogP contribution in [0.15, 0.2) is 47.6 Å². The first kappa shape index (κ1) is 18.5. The number of rotatable bonds is 7. The van der Waals surface area contributed by atoms with Crippen molar-refractivity contribution < 1.29 is 14.6 Å². The van der Waals surface area contributed by atoms with Crippen LogP contribution in [0, 0.1) is 0 Å². The normalized spacial score (nSPS) is 10.5. The Morgan fingerprint density at radius 3 is 2.80 bits per heavy atom. The summed E-state index contributed by atoms with van der Waals surface area (Å²) in [6.07, 6.45) is 2.39. The summed E-state index contributed by atoms with van der Waals surface area (Å²) in [5, 5.41) is 17.3. The average molecular weight is 359 g/mol. The van der Waals surface area contributed by atoms with Crippen molar-refractivity contribution in [2.45, 2.75) is 13.3 Å². The van der Waals surface area contributed by atoms with E-state index >= 15 is 0 Å². The third kappa shape index (κ3) is 5.65. The predicted molar refractivity (Wildman–Crippen MR) is 104 cm³/mol. The number of nitrogens with one attached hydrogen (secondary N) is 2. The fourth-order valence-electron chi connectivity index (χ4n) is 2.00. The van der Waals surface area contributed by atoms with Crippen LogP contribution in [0.25, 0.3) is 0 Å². The molecule has 0 unspecified atom stereocenters. The van der Waals surface area contributed by atoms with E-state index < -0.39 is 0 Å². The second kappa shape index (κ2) is 9.48. The molecule has 3 N–H and O–H groups in total. The van der Waals surface area contributed by atoms with Gasteiger partial charge in [0.15, 0.2) is 5.11 Å². The Hall–Kier alpha value is -2.80. The Labute approximate surface area is 152 Å². The summed E-state index contributed by atoms with van der Waals surface area (Å²) in [6, 6.07) is 12.5. The van der Waals surface area contributed by atoms with Gasteiger partial charge in [0, 0.05) is 11.6 Å². The van der Waals surface area contributed by atoms with Gasteiger partial charge in [0.1, 0.15) is 17.2 Å². The Morgan fingerprint density at radius 1 is 1.28 bits per heavy atom. The average Bonchev–Trinajstić information content (AvgIpc) is 2.62. The minimum absolute atomic E-state index is 0.0859. The van der Waals surface area contributed by atoms with E-state index in [0.29, 0.717) is 28.8 Å². The first-order valence-corrected chi connectivity index (χ1v) is 8.23. The second-order valence-corrected chi connectivity index (χ2v) is 5.50. The van der Waals surface area contributed by atoms with Gasteiger partial charge in [-0.15, -0.1) is 0 Å². The molecular weight excluding hydrogens is 338 g/mol. The first-order chi connectivity index (χ1) is 12.1. The topological polar surface area (TPSA) is 75.1 Å². The molecule has 2 aromatic carbocycles. The number of aromatic hydroxyl groups is 1. The molecular formula is C18H21N3O3S. The van der Waals surface area contributed by atoms with E-state index in [1.54, 1.807) is 25.3 Å². The zero-order valence-electron chi connectivity index (χ0n) is 14.2. The van der Waals surface area contributed by atoms with Crippen LogP contribution >= 0.6 is 12.2 Å². The Kier molecular flexibility index (Phi) is 7.03. The molecule has 6 nitrogen and oxygen atoms in total. The third-order valence-electron chi connectivity index (χ3n) is 3.20. The van der Waals surface area contributed by atoms with Crippen LogP contribution in [0.5, 0.6) is 17.2 Å². The highest BCUT2D eigenvalue weighted by Gasteiger charge is 2.04. The lowest BCUT2D eigenvalue weighted by Gasteiger charge is -2.11. The van der Waals surface area contributed by atoms with E-state index in [9.17, 15) is 5.11 Å². The number of phenols is 1. The van der Waals surface area contributed by atoms with E-state index in [1.165, 1.54) is 6.21 Å². The summed E-state index contributed by atoms with van der Waals surface area (Å²) < 4.78 is 10.7. The number of hydrazone groups is 1. The molecule has 0 saturated heterocycles. The standard InChI is InChI=1S/C18H21N3O3S/c1-3-10-24-14-9-8-13(16(22)11-14)12-19-21-18(25)20-15-6-4-5-7-17(15)23-2/h4-9,11-12,22H,3,10H2,1-2H3,(H2,20,21,25). The molecule has 7 heteroatoms. The SMILES string of the molecule is CCCOc1ccc(C=NNC(=S)Nc2ccccc2OC)c(O)c1. The van der Waals surface area contributed by atoms with Crippen LogP contribution in [0.2, 0.25) is 0 Å². The van der Waals surface area contributed by atoms with Crippen molar-refractivity contribution in [3.05, 3.63) is 48.0 Å². The second-order valence-electron chi connectivity index (χ2n) is 5.09. The predicted octanol–water partition coefficient (Wildman–Crippen LogP) is 3.51. The number of thiocarbonyl (C=S) groups is 1. The molecule has 0 bridgehead atoms. The van der Waals surface area contributed by atoms with Crippen molar-refractivity contribution in [3.63, 3.8) is 0 Å². The Balaban J connectivity index is 1.93. The lowest BCUT2D eigenvalue weighted by molar-refractivity contribution is 0.315. The minimum atomic E-state index is 0.0859. The van der Waals surface area contributed by atoms with Crippen molar-refractivity contribution >= 4 is 29.2 Å². The summed E-state index contributed by atoms with van der Waals surface area (Å²) in [5.74, 6) is 1.39.